The van der Waals surface area contributed by atoms with Crippen LogP contribution in [0.25, 0.3) is 11.0 Å². The van der Waals surface area contributed by atoms with Crippen LogP contribution < -0.4 is 10.7 Å². The highest BCUT2D eigenvalue weighted by Crippen LogP contribution is 2.30. The maximum absolute atomic E-state index is 13.0. The van der Waals surface area contributed by atoms with Crippen molar-refractivity contribution in [2.75, 3.05) is 16.8 Å². The van der Waals surface area contributed by atoms with Crippen molar-refractivity contribution in [1.82, 2.24) is 14.5 Å². The number of pyridine rings is 3. The molecule has 0 spiro atoms. The van der Waals surface area contributed by atoms with Crippen LogP contribution in [0.1, 0.15) is 29.2 Å². The summed E-state index contributed by atoms with van der Waals surface area (Å²) in [6.45, 7) is 0. The smallest absolute Gasteiger partial charge is 0.261 e. The fourth-order valence-corrected chi connectivity index (χ4v) is 4.84. The quantitative estimate of drug-likeness (QED) is 0.659. The summed E-state index contributed by atoms with van der Waals surface area (Å²) in [5.41, 5.74) is 0.488. The highest BCUT2D eigenvalue weighted by atomic mass is 35.5. The summed E-state index contributed by atoms with van der Waals surface area (Å²) in [4.78, 5) is 34.2. The molecular formula is C19H16Cl2N4O2S. The summed E-state index contributed by atoms with van der Waals surface area (Å²) in [6.07, 6.45) is 7.95. The molecular weight excluding hydrogens is 419 g/mol. The van der Waals surface area contributed by atoms with Crippen LogP contribution in [0.2, 0.25) is 10.0 Å². The highest BCUT2D eigenvalue weighted by molar-refractivity contribution is 7.99. The first-order chi connectivity index (χ1) is 13.6. The number of hydrogen-bond acceptors (Lipinski definition) is 5. The van der Waals surface area contributed by atoms with Gasteiger partial charge in [0.2, 0.25) is 5.43 Å². The van der Waals surface area contributed by atoms with Gasteiger partial charge in [-0.25, -0.2) is 4.98 Å². The first-order valence-electron chi connectivity index (χ1n) is 8.74. The first kappa shape index (κ1) is 19.2. The predicted octanol–water partition coefficient (Wildman–Crippen LogP) is 4.42. The minimum absolute atomic E-state index is 0.0303. The second-order valence-electron chi connectivity index (χ2n) is 6.43. The number of fused-ring (bicyclic) bond motifs is 1. The Morgan fingerprint density at radius 1 is 1.21 bits per heavy atom. The normalized spacial score (nSPS) is 14.9. The van der Waals surface area contributed by atoms with Gasteiger partial charge in [0.25, 0.3) is 5.91 Å². The van der Waals surface area contributed by atoms with Gasteiger partial charge in [-0.3, -0.25) is 14.6 Å². The van der Waals surface area contributed by atoms with Crippen molar-refractivity contribution in [2.45, 2.75) is 18.9 Å². The molecule has 1 fully saturated rings. The number of nitrogens with zero attached hydrogens (tertiary/aromatic N) is 3. The topological polar surface area (TPSA) is 76.9 Å². The van der Waals surface area contributed by atoms with Gasteiger partial charge in [0.1, 0.15) is 11.2 Å². The van der Waals surface area contributed by atoms with Gasteiger partial charge < -0.3 is 9.88 Å². The molecule has 1 amide bonds. The standard InChI is InChI=1S/C19H16Cl2N4O2S/c20-14-8-22-9-15(21)16(14)24-19(27)13-10-25(11-3-6-28-7-4-11)18-12(17(13)26)2-1-5-23-18/h1-2,5,8-11H,3-4,6-7H2,(H,22,24,27). The number of rotatable bonds is 3. The Hall–Kier alpha value is -2.09. The van der Waals surface area contributed by atoms with Crippen LogP contribution in [0, 0.1) is 0 Å². The van der Waals surface area contributed by atoms with Crippen LogP contribution in [0.4, 0.5) is 5.69 Å². The summed E-state index contributed by atoms with van der Waals surface area (Å²) in [5, 5.41) is 3.47. The summed E-state index contributed by atoms with van der Waals surface area (Å²) >= 11 is 14.1. The molecule has 1 N–H and O–H groups in total. The monoisotopic (exact) mass is 434 g/mol. The fraction of sp³-hybridized carbons (Fsp3) is 0.263. The van der Waals surface area contributed by atoms with E-state index in [2.05, 4.69) is 15.3 Å². The molecule has 3 aromatic rings. The van der Waals surface area contributed by atoms with E-state index in [0.29, 0.717) is 11.0 Å². The van der Waals surface area contributed by atoms with Gasteiger partial charge in [-0.2, -0.15) is 11.8 Å². The van der Waals surface area contributed by atoms with Gasteiger partial charge in [0.15, 0.2) is 0 Å². The Balaban J connectivity index is 1.81. The zero-order valence-corrected chi connectivity index (χ0v) is 17.0. The lowest BCUT2D eigenvalue weighted by atomic mass is 10.1. The molecule has 0 aliphatic carbocycles. The van der Waals surface area contributed by atoms with Crippen molar-refractivity contribution in [3.05, 3.63) is 62.8 Å². The molecule has 1 saturated heterocycles. The van der Waals surface area contributed by atoms with Crippen LogP contribution in [-0.2, 0) is 0 Å². The van der Waals surface area contributed by atoms with E-state index in [9.17, 15) is 9.59 Å². The Morgan fingerprint density at radius 2 is 1.93 bits per heavy atom. The van der Waals surface area contributed by atoms with E-state index in [4.69, 9.17) is 23.2 Å². The van der Waals surface area contributed by atoms with E-state index in [-0.39, 0.29) is 32.8 Å². The number of hydrogen-bond donors (Lipinski definition) is 1. The second kappa shape index (κ2) is 8.11. The Morgan fingerprint density at radius 3 is 2.64 bits per heavy atom. The van der Waals surface area contributed by atoms with Gasteiger partial charge in [0, 0.05) is 30.8 Å². The summed E-state index contributed by atoms with van der Waals surface area (Å²) in [5.74, 6) is 1.51. The number of nitrogens with one attached hydrogen (secondary N) is 1. The summed E-state index contributed by atoms with van der Waals surface area (Å²) < 4.78 is 1.96. The lowest BCUT2D eigenvalue weighted by molar-refractivity contribution is 0.102. The first-order valence-corrected chi connectivity index (χ1v) is 10.7. The third-order valence-electron chi connectivity index (χ3n) is 4.71. The molecule has 9 heteroatoms. The van der Waals surface area contributed by atoms with E-state index >= 15 is 0 Å². The molecule has 1 aliphatic heterocycles. The van der Waals surface area contributed by atoms with Gasteiger partial charge in [0.05, 0.1) is 21.1 Å². The van der Waals surface area contributed by atoms with Crippen LogP contribution in [0.5, 0.6) is 0 Å². The van der Waals surface area contributed by atoms with Crippen molar-refractivity contribution in [3.8, 4) is 0 Å². The number of carbonyl (C=O) groups is 1. The van der Waals surface area contributed by atoms with Gasteiger partial charge in [-0.05, 0) is 36.5 Å². The average Bonchev–Trinajstić information content (AvgIpc) is 2.72. The van der Waals surface area contributed by atoms with E-state index in [1.807, 2.05) is 16.3 Å². The molecule has 1 aliphatic rings. The number of amides is 1. The van der Waals surface area contributed by atoms with E-state index in [0.717, 1.165) is 24.3 Å². The zero-order valence-electron chi connectivity index (χ0n) is 14.7. The second-order valence-corrected chi connectivity index (χ2v) is 8.47. The Bertz CT molecular complexity index is 1090. The zero-order chi connectivity index (χ0) is 19.7. The largest absolute Gasteiger partial charge is 0.328 e. The number of halogens is 2. The van der Waals surface area contributed by atoms with Crippen LogP contribution in [0.15, 0.2) is 41.7 Å². The minimum Gasteiger partial charge on any atom is -0.328 e. The molecule has 28 heavy (non-hydrogen) atoms. The minimum atomic E-state index is -0.565. The van der Waals surface area contributed by atoms with E-state index in [1.165, 1.54) is 12.4 Å². The van der Waals surface area contributed by atoms with Gasteiger partial charge in [-0.1, -0.05) is 23.2 Å². The summed E-state index contributed by atoms with van der Waals surface area (Å²) in [6, 6.07) is 3.59. The Labute approximate surface area is 175 Å². The van der Waals surface area contributed by atoms with E-state index in [1.54, 1.807) is 24.5 Å². The third-order valence-corrected chi connectivity index (χ3v) is 6.33. The number of anilines is 1. The van der Waals surface area contributed by atoms with E-state index < -0.39 is 5.91 Å². The molecule has 144 valence electrons. The highest BCUT2D eigenvalue weighted by Gasteiger charge is 2.22. The maximum atomic E-state index is 13.0. The van der Waals surface area contributed by atoms with Crippen LogP contribution in [-0.4, -0.2) is 31.9 Å². The third kappa shape index (κ3) is 3.62. The van der Waals surface area contributed by atoms with Gasteiger partial charge >= 0.3 is 0 Å². The maximum Gasteiger partial charge on any atom is 0.261 e. The van der Waals surface area contributed by atoms with Crippen molar-refractivity contribution in [1.29, 1.82) is 0 Å². The van der Waals surface area contributed by atoms with Crippen LogP contribution in [0.3, 0.4) is 0 Å². The molecule has 0 saturated carbocycles. The van der Waals surface area contributed by atoms with Crippen molar-refractivity contribution < 1.29 is 4.79 Å². The predicted molar refractivity (Wildman–Crippen MR) is 114 cm³/mol. The van der Waals surface area contributed by atoms with Crippen molar-refractivity contribution in [2.24, 2.45) is 0 Å². The SMILES string of the molecule is O=C(Nc1c(Cl)cncc1Cl)c1cn(C2CCSCC2)c2ncccc2c1=O. The van der Waals surface area contributed by atoms with Gasteiger partial charge in [-0.15, -0.1) is 0 Å². The molecule has 4 rings (SSSR count). The van der Waals surface area contributed by atoms with Crippen molar-refractivity contribution >= 4 is 57.6 Å². The number of thioether (sulfide) groups is 1. The molecule has 0 unspecified atom stereocenters. The fourth-order valence-electron chi connectivity index (χ4n) is 3.30. The average molecular weight is 435 g/mol. The molecule has 6 nitrogen and oxygen atoms in total. The molecule has 0 radical (unpaired) electrons. The molecule has 0 atom stereocenters. The molecule has 0 aromatic carbocycles. The molecule has 0 bridgehead atoms. The van der Waals surface area contributed by atoms with Crippen molar-refractivity contribution in [3.63, 3.8) is 0 Å². The Kier molecular flexibility index (Phi) is 5.57. The molecule has 4 heterocycles. The number of aromatic nitrogens is 3. The molecule has 3 aromatic heterocycles. The summed E-state index contributed by atoms with van der Waals surface area (Å²) in [7, 11) is 0. The lowest BCUT2D eigenvalue weighted by Crippen LogP contribution is -2.26. The lowest BCUT2D eigenvalue weighted by Gasteiger charge is -2.26. The number of carbonyl (C=O) groups excluding carboxylic acids is 1. The van der Waals surface area contributed by atoms with Crippen LogP contribution >= 0.6 is 35.0 Å².